The van der Waals surface area contributed by atoms with Crippen LogP contribution in [-0.4, -0.2) is 26.6 Å². The van der Waals surface area contributed by atoms with Gasteiger partial charge in [0.1, 0.15) is 0 Å². The monoisotopic (exact) mass is 437 g/mol. The molecule has 162 valence electrons. The number of rotatable bonds is 4. The second-order valence-corrected chi connectivity index (χ2v) is 9.96. The Bertz CT molecular complexity index is 1170. The summed E-state index contributed by atoms with van der Waals surface area (Å²) in [4.78, 5) is 19.6. The van der Waals surface area contributed by atoms with Gasteiger partial charge in [-0.1, -0.05) is 38.3 Å². The first-order valence-corrected chi connectivity index (χ1v) is 12.0. The van der Waals surface area contributed by atoms with Crippen LogP contribution in [0.5, 0.6) is 0 Å². The molecule has 2 N–H and O–H groups in total. The van der Waals surface area contributed by atoms with E-state index in [1.54, 1.807) is 11.0 Å². The lowest BCUT2D eigenvalue weighted by atomic mass is 9.94. The number of carbonyl (C=O) groups excluding carboxylic acids is 1. The minimum Gasteiger partial charge on any atom is -0.312 e. The van der Waals surface area contributed by atoms with Gasteiger partial charge in [-0.25, -0.2) is 13.6 Å². The molecule has 1 amide bonds. The molecule has 6 nitrogen and oxygen atoms in total. The third-order valence-electron chi connectivity index (χ3n) is 6.47. The highest BCUT2D eigenvalue weighted by atomic mass is 32.2. The second-order valence-electron chi connectivity index (χ2n) is 8.39. The number of aliphatic imine (C=N–C) groups is 1. The van der Waals surface area contributed by atoms with Crippen LogP contribution in [0.2, 0.25) is 0 Å². The average molecular weight is 438 g/mol. The van der Waals surface area contributed by atoms with Gasteiger partial charge in [0, 0.05) is 30.1 Å². The largest absolute Gasteiger partial charge is 0.312 e. The molecule has 1 aromatic carbocycles. The van der Waals surface area contributed by atoms with Crippen molar-refractivity contribution in [3.63, 3.8) is 0 Å². The van der Waals surface area contributed by atoms with Gasteiger partial charge in [0.2, 0.25) is 15.9 Å². The summed E-state index contributed by atoms with van der Waals surface area (Å²) in [6.45, 7) is 11.0. The maximum atomic E-state index is 13.5. The fourth-order valence-electron chi connectivity index (χ4n) is 4.54. The van der Waals surface area contributed by atoms with Gasteiger partial charge in [-0.05, 0) is 66.0 Å². The molecule has 1 fully saturated rings. The van der Waals surface area contributed by atoms with Crippen molar-refractivity contribution in [1.29, 1.82) is 0 Å². The quantitative estimate of drug-likeness (QED) is 0.779. The molecule has 0 aromatic heterocycles. The summed E-state index contributed by atoms with van der Waals surface area (Å²) in [5.74, 6) is -0.264. The van der Waals surface area contributed by atoms with Gasteiger partial charge in [0.05, 0.1) is 4.90 Å². The Morgan fingerprint density at radius 3 is 2.77 bits per heavy atom. The zero-order valence-electron chi connectivity index (χ0n) is 17.7. The number of anilines is 1. The van der Waals surface area contributed by atoms with Crippen LogP contribution < -0.4 is 10.0 Å². The number of sulfonamides is 1. The Hall–Kier alpha value is -2.77. The number of nitrogens with zero attached hydrogens (tertiary/aromatic N) is 2. The molecule has 31 heavy (non-hydrogen) atoms. The molecule has 0 radical (unpaired) electrons. The van der Waals surface area contributed by atoms with Crippen molar-refractivity contribution >= 4 is 27.3 Å². The summed E-state index contributed by atoms with van der Waals surface area (Å²) in [6, 6.07) is 4.75. The minimum absolute atomic E-state index is 0.00841. The van der Waals surface area contributed by atoms with Gasteiger partial charge in [0.25, 0.3) is 0 Å². The number of nitrogens with two attached hydrogens (primary N) is 1. The number of carbonyl (C=O) groups is 1. The predicted molar refractivity (Wildman–Crippen MR) is 123 cm³/mol. The van der Waals surface area contributed by atoms with E-state index >= 15 is 0 Å². The summed E-state index contributed by atoms with van der Waals surface area (Å²) < 4.78 is 23.5. The number of primary sulfonamides is 1. The molecule has 2 unspecified atom stereocenters. The fraction of sp³-hybridized carbons (Fsp3) is 0.333. The number of hydrogen-bond donors (Lipinski definition) is 1. The maximum Gasteiger partial charge on any atom is 0.238 e. The van der Waals surface area contributed by atoms with Crippen molar-refractivity contribution in [1.82, 2.24) is 0 Å². The van der Waals surface area contributed by atoms with Crippen LogP contribution in [0.15, 0.2) is 76.3 Å². The van der Waals surface area contributed by atoms with E-state index in [0.29, 0.717) is 25.1 Å². The second kappa shape index (κ2) is 8.05. The van der Waals surface area contributed by atoms with Crippen LogP contribution in [0.4, 0.5) is 5.69 Å². The van der Waals surface area contributed by atoms with Crippen LogP contribution in [0, 0.1) is 11.8 Å². The van der Waals surface area contributed by atoms with Gasteiger partial charge < -0.3 is 4.90 Å². The number of hydrogen-bond acceptors (Lipinski definition) is 4. The first kappa shape index (κ1) is 21.5. The molecule has 2 heterocycles. The van der Waals surface area contributed by atoms with Gasteiger partial charge >= 0.3 is 0 Å². The number of benzene rings is 1. The molecule has 3 aliphatic rings. The van der Waals surface area contributed by atoms with Gasteiger partial charge in [-0.2, -0.15) is 0 Å². The predicted octanol–water partition coefficient (Wildman–Crippen LogP) is 3.67. The van der Waals surface area contributed by atoms with E-state index < -0.39 is 10.0 Å². The van der Waals surface area contributed by atoms with Crippen molar-refractivity contribution in [2.45, 2.75) is 37.5 Å². The molecule has 0 saturated heterocycles. The highest BCUT2D eigenvalue weighted by Crippen LogP contribution is 2.43. The molecule has 0 bridgehead atoms. The van der Waals surface area contributed by atoms with E-state index in [2.05, 4.69) is 18.2 Å². The number of amides is 1. The minimum atomic E-state index is -3.83. The highest BCUT2D eigenvalue weighted by Gasteiger charge is 2.40. The van der Waals surface area contributed by atoms with Crippen LogP contribution in [-0.2, 0) is 21.2 Å². The molecule has 1 aliphatic carbocycles. The third kappa shape index (κ3) is 4.07. The van der Waals surface area contributed by atoms with Crippen molar-refractivity contribution in [2.24, 2.45) is 22.0 Å². The lowest BCUT2D eigenvalue weighted by Gasteiger charge is -2.24. The summed E-state index contributed by atoms with van der Waals surface area (Å²) in [5.41, 5.74) is 5.41. The van der Waals surface area contributed by atoms with Gasteiger partial charge in [0.15, 0.2) is 0 Å². The Morgan fingerprint density at radius 1 is 1.32 bits per heavy atom. The lowest BCUT2D eigenvalue weighted by molar-refractivity contribution is -0.122. The zero-order chi connectivity index (χ0) is 22.3. The Labute approximate surface area is 183 Å². The molecule has 2 aliphatic heterocycles. The van der Waals surface area contributed by atoms with E-state index in [9.17, 15) is 13.2 Å². The molecule has 0 spiro atoms. The highest BCUT2D eigenvalue weighted by molar-refractivity contribution is 7.89. The topological polar surface area (TPSA) is 92.8 Å². The van der Waals surface area contributed by atoms with Crippen LogP contribution >= 0.6 is 0 Å². The average Bonchev–Trinajstić information content (AvgIpc) is 3.29. The van der Waals surface area contributed by atoms with Crippen LogP contribution in [0.3, 0.4) is 0 Å². The first-order chi connectivity index (χ1) is 14.7. The lowest BCUT2D eigenvalue weighted by Crippen LogP contribution is -2.36. The summed E-state index contributed by atoms with van der Waals surface area (Å²) in [7, 11) is -3.83. The van der Waals surface area contributed by atoms with E-state index in [-0.39, 0.29) is 22.6 Å². The smallest absolute Gasteiger partial charge is 0.238 e. The van der Waals surface area contributed by atoms with Crippen LogP contribution in [0.25, 0.3) is 0 Å². The van der Waals surface area contributed by atoms with Gasteiger partial charge in [-0.15, -0.1) is 0 Å². The molecular weight excluding hydrogens is 410 g/mol. The van der Waals surface area contributed by atoms with E-state index in [0.717, 1.165) is 40.8 Å². The summed E-state index contributed by atoms with van der Waals surface area (Å²) in [6.07, 6.45) is 8.95. The summed E-state index contributed by atoms with van der Waals surface area (Å²) >= 11 is 0. The zero-order valence-corrected chi connectivity index (χ0v) is 18.5. The molecule has 1 aromatic rings. The van der Waals surface area contributed by atoms with Crippen molar-refractivity contribution in [2.75, 3.05) is 11.4 Å². The van der Waals surface area contributed by atoms with Gasteiger partial charge in [-0.3, -0.25) is 9.79 Å². The molecule has 2 atom stereocenters. The fourth-order valence-corrected chi connectivity index (χ4v) is 5.07. The number of allylic oxidation sites excluding steroid dienone is 5. The van der Waals surface area contributed by atoms with Crippen molar-refractivity contribution in [3.8, 4) is 0 Å². The van der Waals surface area contributed by atoms with Crippen LogP contribution in [0.1, 0.15) is 31.7 Å². The molecular formula is C24H27N3O3S. The molecule has 7 heteroatoms. The van der Waals surface area contributed by atoms with E-state index in [1.807, 2.05) is 25.3 Å². The standard InChI is InChI=1S/C24H27N3O3S/c1-15(22-6-4-5-10-26-22)12-19-13-21(17(3)16(19)2)24(28)27-11-9-18-7-8-20(14-23(18)27)31(25,29)30/h5,7-8,10,12,14,17,21H,1-2,4,6,9,11,13H2,3H3,(H2,25,29,30)/b19-12-. The SMILES string of the molecule is C=C(/C=C1/CC(C(=O)N2CCc3ccc(S(N)(=O)=O)cc32)C(C)C1=C)C1=NC=CCC1. The number of fused-ring (bicyclic) bond motifs is 1. The molecule has 1 saturated carbocycles. The maximum absolute atomic E-state index is 13.5. The normalized spacial score (nSPS) is 24.5. The van der Waals surface area contributed by atoms with Crippen molar-refractivity contribution in [3.05, 3.63) is 72.0 Å². The molecule has 4 rings (SSSR count). The Balaban J connectivity index is 1.57. The Kier molecular flexibility index (Phi) is 5.58. The third-order valence-corrected chi connectivity index (χ3v) is 7.38. The Morgan fingerprint density at radius 2 is 2.10 bits per heavy atom. The van der Waals surface area contributed by atoms with E-state index in [1.165, 1.54) is 12.1 Å². The summed E-state index contributed by atoms with van der Waals surface area (Å²) in [5, 5.41) is 5.29. The first-order valence-electron chi connectivity index (χ1n) is 10.4. The van der Waals surface area contributed by atoms with Crippen molar-refractivity contribution < 1.29 is 13.2 Å². The van der Waals surface area contributed by atoms with E-state index in [4.69, 9.17) is 5.14 Å².